The average Bonchev–Trinajstić information content (AvgIpc) is 2.88. The molecule has 1 aromatic carbocycles. The normalized spacial score (nSPS) is 18.3. The fourth-order valence-corrected chi connectivity index (χ4v) is 2.46. The number of carbonyl (C=O) groups excluding carboxylic acids is 1. The van der Waals surface area contributed by atoms with Crippen LogP contribution in [-0.4, -0.2) is 35.8 Å². The number of nitrogen functional groups attached to an aromatic ring is 2. The molecule has 0 saturated carbocycles. The standard InChI is InChI=1S/C16H22F3N3O3/c1-15(2,3)25-14(23)22-5-4-10(8-22)24-13-11(20)6-9(7-12(13)21)16(17,18)19/h6-7,10H,4-5,8,20-21H2,1-3H3. The van der Waals surface area contributed by atoms with Gasteiger partial charge in [0.1, 0.15) is 11.7 Å². The molecular formula is C16H22F3N3O3. The number of benzene rings is 1. The molecule has 1 amide bonds. The van der Waals surface area contributed by atoms with Crippen molar-refractivity contribution in [3.05, 3.63) is 17.7 Å². The Morgan fingerprint density at radius 3 is 2.24 bits per heavy atom. The summed E-state index contributed by atoms with van der Waals surface area (Å²) >= 11 is 0. The molecule has 0 spiro atoms. The maximum atomic E-state index is 12.7. The van der Waals surface area contributed by atoms with Gasteiger partial charge in [-0.25, -0.2) is 4.79 Å². The van der Waals surface area contributed by atoms with E-state index in [1.165, 1.54) is 4.90 Å². The Morgan fingerprint density at radius 1 is 1.20 bits per heavy atom. The van der Waals surface area contributed by atoms with Gasteiger partial charge >= 0.3 is 12.3 Å². The molecular weight excluding hydrogens is 339 g/mol. The topological polar surface area (TPSA) is 90.8 Å². The average molecular weight is 361 g/mol. The van der Waals surface area contributed by atoms with E-state index in [2.05, 4.69) is 0 Å². The van der Waals surface area contributed by atoms with E-state index < -0.39 is 29.5 Å². The van der Waals surface area contributed by atoms with E-state index in [0.29, 0.717) is 13.0 Å². The van der Waals surface area contributed by atoms with Gasteiger partial charge in [-0.1, -0.05) is 0 Å². The number of alkyl halides is 3. The lowest BCUT2D eigenvalue weighted by Crippen LogP contribution is -2.36. The zero-order chi connectivity index (χ0) is 19.0. The van der Waals surface area contributed by atoms with Crippen LogP contribution in [0.4, 0.5) is 29.3 Å². The van der Waals surface area contributed by atoms with E-state index in [9.17, 15) is 18.0 Å². The summed E-state index contributed by atoms with van der Waals surface area (Å²) in [4.78, 5) is 13.5. The molecule has 1 fully saturated rings. The molecule has 0 aliphatic carbocycles. The van der Waals surface area contributed by atoms with E-state index in [-0.39, 0.29) is 23.7 Å². The molecule has 1 atom stereocenters. The summed E-state index contributed by atoms with van der Waals surface area (Å²) < 4.78 is 49.2. The molecule has 1 heterocycles. The van der Waals surface area contributed by atoms with Crippen molar-refractivity contribution in [3.63, 3.8) is 0 Å². The minimum Gasteiger partial charge on any atom is -0.484 e. The number of nitrogens with zero attached hydrogens (tertiary/aromatic N) is 1. The first-order valence-corrected chi connectivity index (χ1v) is 7.77. The second-order valence-corrected chi connectivity index (χ2v) is 6.94. The van der Waals surface area contributed by atoms with Crippen molar-refractivity contribution < 1.29 is 27.4 Å². The van der Waals surface area contributed by atoms with Crippen molar-refractivity contribution in [2.75, 3.05) is 24.6 Å². The van der Waals surface area contributed by atoms with Gasteiger partial charge in [0, 0.05) is 13.0 Å². The molecule has 0 bridgehead atoms. The van der Waals surface area contributed by atoms with E-state index in [1.807, 2.05) is 0 Å². The number of nitrogens with two attached hydrogens (primary N) is 2. The van der Waals surface area contributed by atoms with E-state index in [1.54, 1.807) is 20.8 Å². The van der Waals surface area contributed by atoms with Gasteiger partial charge in [-0.3, -0.25) is 0 Å². The minimum absolute atomic E-state index is 0.00374. The minimum atomic E-state index is -4.54. The van der Waals surface area contributed by atoms with Crippen LogP contribution in [0.3, 0.4) is 0 Å². The van der Waals surface area contributed by atoms with Crippen LogP contribution in [0.1, 0.15) is 32.8 Å². The maximum Gasteiger partial charge on any atom is 0.416 e. The summed E-state index contributed by atoms with van der Waals surface area (Å²) in [5.41, 5.74) is 9.40. The molecule has 0 radical (unpaired) electrons. The van der Waals surface area contributed by atoms with Crippen LogP contribution in [0.25, 0.3) is 0 Å². The predicted octanol–water partition coefficient (Wildman–Crippen LogP) is 3.26. The first kappa shape index (κ1) is 19.0. The summed E-state index contributed by atoms with van der Waals surface area (Å²) in [6.07, 6.45) is -4.93. The molecule has 1 unspecified atom stereocenters. The van der Waals surface area contributed by atoms with Crippen molar-refractivity contribution in [1.82, 2.24) is 4.90 Å². The molecule has 1 aromatic rings. The largest absolute Gasteiger partial charge is 0.484 e. The Labute approximate surface area is 143 Å². The highest BCUT2D eigenvalue weighted by Crippen LogP contribution is 2.38. The van der Waals surface area contributed by atoms with Gasteiger partial charge in [0.2, 0.25) is 0 Å². The van der Waals surface area contributed by atoms with Crippen molar-refractivity contribution in [1.29, 1.82) is 0 Å². The molecule has 1 saturated heterocycles. The molecule has 25 heavy (non-hydrogen) atoms. The zero-order valence-corrected chi connectivity index (χ0v) is 14.3. The van der Waals surface area contributed by atoms with Crippen molar-refractivity contribution in [2.45, 2.75) is 45.1 Å². The number of rotatable bonds is 2. The molecule has 0 aromatic heterocycles. The summed E-state index contributed by atoms with van der Waals surface area (Å²) in [6.45, 7) is 5.95. The third kappa shape index (κ3) is 4.83. The Kier molecular flexibility index (Phi) is 4.97. The fourth-order valence-electron chi connectivity index (χ4n) is 2.46. The van der Waals surface area contributed by atoms with E-state index >= 15 is 0 Å². The highest BCUT2D eigenvalue weighted by Gasteiger charge is 2.34. The second kappa shape index (κ2) is 6.53. The lowest BCUT2D eigenvalue weighted by molar-refractivity contribution is -0.137. The van der Waals surface area contributed by atoms with Gasteiger partial charge in [0.15, 0.2) is 5.75 Å². The Bertz CT molecular complexity index is 633. The first-order valence-electron chi connectivity index (χ1n) is 7.77. The molecule has 4 N–H and O–H groups in total. The first-order chi connectivity index (χ1) is 11.4. The Morgan fingerprint density at radius 2 is 1.76 bits per heavy atom. The zero-order valence-electron chi connectivity index (χ0n) is 14.3. The third-order valence-corrected chi connectivity index (χ3v) is 3.55. The van der Waals surface area contributed by atoms with Gasteiger partial charge in [-0.2, -0.15) is 13.2 Å². The quantitative estimate of drug-likeness (QED) is 0.789. The summed E-state index contributed by atoms with van der Waals surface area (Å²) in [7, 11) is 0. The number of ether oxygens (including phenoxy) is 2. The van der Waals surface area contributed by atoms with E-state index in [0.717, 1.165) is 12.1 Å². The molecule has 1 aliphatic heterocycles. The maximum absolute atomic E-state index is 12.7. The van der Waals surface area contributed by atoms with Crippen LogP contribution >= 0.6 is 0 Å². The highest BCUT2D eigenvalue weighted by molar-refractivity contribution is 5.70. The number of halogens is 3. The lowest BCUT2D eigenvalue weighted by Gasteiger charge is -2.24. The number of hydrogen-bond acceptors (Lipinski definition) is 5. The summed E-state index contributed by atoms with van der Waals surface area (Å²) in [6, 6.07) is 1.57. The number of carbonyl (C=O) groups is 1. The number of amides is 1. The number of hydrogen-bond donors (Lipinski definition) is 2. The second-order valence-electron chi connectivity index (χ2n) is 6.94. The van der Waals surface area contributed by atoms with Crippen molar-refractivity contribution in [2.24, 2.45) is 0 Å². The van der Waals surface area contributed by atoms with Crippen LogP contribution < -0.4 is 16.2 Å². The monoisotopic (exact) mass is 361 g/mol. The van der Waals surface area contributed by atoms with Crippen molar-refractivity contribution in [3.8, 4) is 5.75 Å². The Balaban J connectivity index is 2.06. The number of anilines is 2. The smallest absolute Gasteiger partial charge is 0.416 e. The van der Waals surface area contributed by atoms with Gasteiger partial charge in [-0.15, -0.1) is 0 Å². The highest BCUT2D eigenvalue weighted by atomic mass is 19.4. The van der Waals surface area contributed by atoms with Crippen LogP contribution in [0.2, 0.25) is 0 Å². The fraction of sp³-hybridized carbons (Fsp3) is 0.562. The lowest BCUT2D eigenvalue weighted by atomic mass is 10.1. The van der Waals surface area contributed by atoms with Crippen LogP contribution in [-0.2, 0) is 10.9 Å². The summed E-state index contributed by atoms with van der Waals surface area (Å²) in [5, 5.41) is 0. The van der Waals surface area contributed by atoms with Gasteiger partial charge in [0.25, 0.3) is 0 Å². The SMILES string of the molecule is CC(C)(C)OC(=O)N1CCC(Oc2c(N)cc(C(F)(F)F)cc2N)C1. The number of likely N-dealkylation sites (tertiary alicyclic amines) is 1. The van der Waals surface area contributed by atoms with Gasteiger partial charge in [0.05, 0.1) is 23.5 Å². The summed E-state index contributed by atoms with van der Waals surface area (Å²) in [5.74, 6) is 0.00374. The molecule has 9 heteroatoms. The molecule has 6 nitrogen and oxygen atoms in total. The third-order valence-electron chi connectivity index (χ3n) is 3.55. The molecule has 1 aliphatic rings. The van der Waals surface area contributed by atoms with E-state index in [4.69, 9.17) is 20.9 Å². The van der Waals surface area contributed by atoms with Crippen LogP contribution in [0.5, 0.6) is 5.75 Å². The van der Waals surface area contributed by atoms with Gasteiger partial charge in [-0.05, 0) is 32.9 Å². The van der Waals surface area contributed by atoms with Gasteiger partial charge < -0.3 is 25.8 Å². The molecule has 2 rings (SSSR count). The van der Waals surface area contributed by atoms with Crippen LogP contribution in [0, 0.1) is 0 Å². The van der Waals surface area contributed by atoms with Crippen LogP contribution in [0.15, 0.2) is 12.1 Å². The van der Waals surface area contributed by atoms with Crippen molar-refractivity contribution >= 4 is 17.5 Å². The predicted molar refractivity (Wildman–Crippen MR) is 87.1 cm³/mol. The Hall–Kier alpha value is -2.32. The molecule has 140 valence electrons.